The van der Waals surface area contributed by atoms with Gasteiger partial charge in [-0.25, -0.2) is 0 Å². The Morgan fingerprint density at radius 1 is 0.714 bits per heavy atom. The lowest BCUT2D eigenvalue weighted by Crippen LogP contribution is -1.57. The number of hydrogen-bond donors (Lipinski definition) is 0. The molecule has 0 unspecified atom stereocenters. The van der Waals surface area contributed by atoms with E-state index in [1.54, 1.807) is 0 Å². The second-order valence-electron chi connectivity index (χ2n) is 3.42. The first-order chi connectivity index (χ1) is 6.95. The second kappa shape index (κ2) is 2.85. The quantitative estimate of drug-likeness (QED) is 0.490. The minimum absolute atomic E-state index is 1.18. The van der Waals surface area contributed by atoms with Gasteiger partial charge in [-0.3, -0.25) is 0 Å². The lowest BCUT2D eigenvalue weighted by atomic mass is 10.2. The van der Waals surface area contributed by atoms with Crippen LogP contribution in [0.5, 0.6) is 0 Å². The fourth-order valence-corrected chi connectivity index (χ4v) is 1.91. The molecule has 0 saturated carbocycles. The Bertz CT molecular complexity index is 544. The summed E-state index contributed by atoms with van der Waals surface area (Å²) in [5.41, 5.74) is 0. The molecule has 3 aromatic rings. The van der Waals surface area contributed by atoms with Gasteiger partial charge < -0.3 is 0 Å². The monoisotopic (exact) mass is 177 g/mol. The molecule has 3 aromatic carbocycles. The SMILES string of the molecule is [c]1cccc2ccc3ccccc1c23. The van der Waals surface area contributed by atoms with Crippen LogP contribution in [0.3, 0.4) is 0 Å². The van der Waals surface area contributed by atoms with Crippen molar-refractivity contribution in [3.05, 3.63) is 60.7 Å². The van der Waals surface area contributed by atoms with E-state index in [4.69, 9.17) is 0 Å². The minimum Gasteiger partial charge on any atom is -0.0616 e. The summed E-state index contributed by atoms with van der Waals surface area (Å²) in [4.78, 5) is 0. The third kappa shape index (κ3) is 1.01. The largest absolute Gasteiger partial charge is 0.0616 e. The highest BCUT2D eigenvalue weighted by molar-refractivity contribution is 6.10. The molecule has 0 amide bonds. The first-order valence-electron chi connectivity index (χ1n) is 4.73. The van der Waals surface area contributed by atoms with Gasteiger partial charge in [-0.15, -0.1) is 0 Å². The van der Waals surface area contributed by atoms with Crippen LogP contribution >= 0.6 is 0 Å². The molecule has 0 saturated heterocycles. The van der Waals surface area contributed by atoms with E-state index in [1.165, 1.54) is 21.5 Å². The van der Waals surface area contributed by atoms with Gasteiger partial charge in [0.15, 0.2) is 0 Å². The van der Waals surface area contributed by atoms with Crippen LogP contribution in [-0.4, -0.2) is 0 Å². The molecular formula is C14H9. The van der Waals surface area contributed by atoms with E-state index in [2.05, 4.69) is 48.5 Å². The van der Waals surface area contributed by atoms with Crippen molar-refractivity contribution in [1.82, 2.24) is 0 Å². The van der Waals surface area contributed by atoms with Crippen molar-refractivity contribution in [2.24, 2.45) is 0 Å². The smallest absolute Gasteiger partial charge is 0.00326 e. The molecule has 1 radical (unpaired) electrons. The summed E-state index contributed by atoms with van der Waals surface area (Å²) in [5.74, 6) is 0. The van der Waals surface area contributed by atoms with Gasteiger partial charge in [-0.1, -0.05) is 54.6 Å². The van der Waals surface area contributed by atoms with E-state index in [1.807, 2.05) is 12.1 Å². The topological polar surface area (TPSA) is 0 Å². The average molecular weight is 177 g/mol. The summed E-state index contributed by atoms with van der Waals surface area (Å²) in [6, 6.07) is 22.1. The van der Waals surface area contributed by atoms with Gasteiger partial charge in [0.25, 0.3) is 0 Å². The Morgan fingerprint density at radius 2 is 1.43 bits per heavy atom. The van der Waals surface area contributed by atoms with Crippen molar-refractivity contribution in [3.8, 4) is 0 Å². The highest BCUT2D eigenvalue weighted by Gasteiger charge is 1.98. The predicted octanol–water partition coefficient (Wildman–Crippen LogP) is 3.79. The van der Waals surface area contributed by atoms with Crippen molar-refractivity contribution in [3.63, 3.8) is 0 Å². The molecule has 0 aliphatic rings. The normalized spacial score (nSPS) is 10.9. The van der Waals surface area contributed by atoms with Gasteiger partial charge >= 0.3 is 0 Å². The Hall–Kier alpha value is -1.82. The molecule has 0 aliphatic carbocycles. The maximum Gasteiger partial charge on any atom is -0.00326 e. The van der Waals surface area contributed by atoms with Crippen LogP contribution in [0.2, 0.25) is 0 Å². The highest BCUT2D eigenvalue weighted by Crippen LogP contribution is 2.25. The fourth-order valence-electron chi connectivity index (χ4n) is 1.91. The summed E-state index contributed by atoms with van der Waals surface area (Å²) in [6.45, 7) is 0. The Kier molecular flexibility index (Phi) is 1.54. The minimum atomic E-state index is 1.18. The molecular weight excluding hydrogens is 168 g/mol. The van der Waals surface area contributed by atoms with Crippen molar-refractivity contribution >= 4 is 21.5 Å². The Labute approximate surface area is 82.8 Å². The molecule has 0 nitrogen and oxygen atoms in total. The van der Waals surface area contributed by atoms with Crippen molar-refractivity contribution in [2.45, 2.75) is 0 Å². The first-order valence-corrected chi connectivity index (χ1v) is 4.73. The third-order valence-electron chi connectivity index (χ3n) is 2.55. The fraction of sp³-hybridized carbons (Fsp3) is 0. The first kappa shape index (κ1) is 7.57. The van der Waals surface area contributed by atoms with E-state index in [-0.39, 0.29) is 0 Å². The van der Waals surface area contributed by atoms with Crippen LogP contribution in [0.25, 0.3) is 21.5 Å². The van der Waals surface area contributed by atoms with Gasteiger partial charge in [0, 0.05) is 0 Å². The summed E-state index contributed by atoms with van der Waals surface area (Å²) in [5, 5.41) is 5.05. The third-order valence-corrected chi connectivity index (χ3v) is 2.55. The van der Waals surface area contributed by atoms with Gasteiger partial charge in [0.05, 0.1) is 0 Å². The number of hydrogen-bond acceptors (Lipinski definition) is 0. The molecule has 0 bridgehead atoms. The van der Waals surface area contributed by atoms with Crippen molar-refractivity contribution < 1.29 is 0 Å². The second-order valence-corrected chi connectivity index (χ2v) is 3.42. The molecule has 14 heavy (non-hydrogen) atoms. The van der Waals surface area contributed by atoms with Gasteiger partial charge in [-0.2, -0.15) is 0 Å². The van der Waals surface area contributed by atoms with Gasteiger partial charge in [0.1, 0.15) is 0 Å². The zero-order chi connectivity index (χ0) is 9.38. The number of rotatable bonds is 0. The Balaban J connectivity index is 2.75. The molecule has 0 heteroatoms. The molecule has 3 rings (SSSR count). The van der Waals surface area contributed by atoms with Crippen LogP contribution in [-0.2, 0) is 0 Å². The van der Waals surface area contributed by atoms with Gasteiger partial charge in [0.2, 0.25) is 0 Å². The molecule has 0 N–H and O–H groups in total. The zero-order valence-corrected chi connectivity index (χ0v) is 7.70. The summed E-state index contributed by atoms with van der Waals surface area (Å²) >= 11 is 0. The van der Waals surface area contributed by atoms with Crippen molar-refractivity contribution in [1.29, 1.82) is 0 Å². The summed E-state index contributed by atoms with van der Waals surface area (Å²) < 4.78 is 0. The van der Waals surface area contributed by atoms with E-state index in [0.29, 0.717) is 0 Å². The van der Waals surface area contributed by atoms with Crippen LogP contribution in [0.1, 0.15) is 0 Å². The van der Waals surface area contributed by atoms with E-state index < -0.39 is 0 Å². The van der Waals surface area contributed by atoms with Crippen LogP contribution in [0.15, 0.2) is 54.6 Å². The lowest BCUT2D eigenvalue weighted by Gasteiger charge is -1.85. The average Bonchev–Trinajstić information content (AvgIpc) is 2.37. The highest BCUT2D eigenvalue weighted by atomic mass is 14.0. The zero-order valence-electron chi connectivity index (χ0n) is 7.70. The van der Waals surface area contributed by atoms with Crippen LogP contribution in [0.4, 0.5) is 0 Å². The molecule has 0 heterocycles. The molecule has 65 valence electrons. The molecule has 0 spiro atoms. The van der Waals surface area contributed by atoms with E-state index in [9.17, 15) is 0 Å². The van der Waals surface area contributed by atoms with Crippen LogP contribution < -0.4 is 0 Å². The Morgan fingerprint density at radius 3 is 2.29 bits per heavy atom. The van der Waals surface area contributed by atoms with Crippen LogP contribution in [0, 0.1) is 6.07 Å². The predicted molar refractivity (Wildman–Crippen MR) is 60.3 cm³/mol. The van der Waals surface area contributed by atoms with Gasteiger partial charge in [-0.05, 0) is 27.6 Å². The molecule has 0 aromatic heterocycles. The maximum atomic E-state index is 3.28. The molecule has 0 aliphatic heterocycles. The molecule has 0 fully saturated rings. The molecule has 0 atom stereocenters. The summed E-state index contributed by atoms with van der Waals surface area (Å²) in [7, 11) is 0. The maximum absolute atomic E-state index is 3.28. The standard InChI is InChI=1S/C14H9/c1-3-7-12-9-10-13-8-4-2-6-11(5-1)14(12)13/h1-5,7-10H. The van der Waals surface area contributed by atoms with E-state index >= 15 is 0 Å². The summed E-state index contributed by atoms with van der Waals surface area (Å²) in [6.07, 6.45) is 0. The lowest BCUT2D eigenvalue weighted by molar-refractivity contribution is 1.87. The van der Waals surface area contributed by atoms with E-state index in [0.717, 1.165) is 0 Å². The van der Waals surface area contributed by atoms with Crippen molar-refractivity contribution in [2.75, 3.05) is 0 Å².